The van der Waals surface area contributed by atoms with Crippen LogP contribution in [0.25, 0.3) is 0 Å². The van der Waals surface area contributed by atoms with Crippen LogP contribution in [-0.4, -0.2) is 14.5 Å². The molecule has 0 radical (unpaired) electrons. The quantitative estimate of drug-likeness (QED) is 0.866. The minimum atomic E-state index is -3.51. The summed E-state index contributed by atoms with van der Waals surface area (Å²) in [4.78, 5) is 0.131. The standard InChI is InChI=1S/C11H14N2O2S/c1-3-9(2)13-16(14,15)11-6-4-5-10(7-11)8-12/h4-7,9,13H,3H2,1-2H3/t9-/m0/s1. The highest BCUT2D eigenvalue weighted by molar-refractivity contribution is 7.89. The molecule has 0 amide bonds. The Kier molecular flexibility index (Phi) is 4.05. The molecule has 0 heterocycles. The summed E-state index contributed by atoms with van der Waals surface area (Å²) in [5.74, 6) is 0. The lowest BCUT2D eigenvalue weighted by Gasteiger charge is -2.11. The van der Waals surface area contributed by atoms with Crippen molar-refractivity contribution in [1.29, 1.82) is 5.26 Å². The molecule has 0 saturated heterocycles. The van der Waals surface area contributed by atoms with Crippen LogP contribution >= 0.6 is 0 Å². The van der Waals surface area contributed by atoms with E-state index in [0.29, 0.717) is 5.56 Å². The van der Waals surface area contributed by atoms with Gasteiger partial charge in [0.1, 0.15) is 0 Å². The number of nitrogens with one attached hydrogen (secondary N) is 1. The molecule has 0 fully saturated rings. The molecule has 0 saturated carbocycles. The summed E-state index contributed by atoms with van der Waals surface area (Å²) in [7, 11) is -3.51. The molecule has 1 rings (SSSR count). The lowest BCUT2D eigenvalue weighted by molar-refractivity contribution is 0.556. The molecule has 1 aromatic carbocycles. The predicted octanol–water partition coefficient (Wildman–Crippen LogP) is 1.64. The first-order valence-corrected chi connectivity index (χ1v) is 6.50. The highest BCUT2D eigenvalue weighted by Gasteiger charge is 2.16. The molecule has 86 valence electrons. The van der Waals surface area contributed by atoms with E-state index in [2.05, 4.69) is 4.72 Å². The normalized spacial score (nSPS) is 13.1. The Morgan fingerprint density at radius 2 is 2.19 bits per heavy atom. The molecule has 0 aliphatic rings. The summed E-state index contributed by atoms with van der Waals surface area (Å²) < 4.78 is 26.2. The Morgan fingerprint density at radius 3 is 2.75 bits per heavy atom. The number of hydrogen-bond acceptors (Lipinski definition) is 3. The summed E-state index contributed by atoms with van der Waals surface area (Å²) in [5, 5.41) is 8.69. The molecule has 0 spiro atoms. The maximum absolute atomic E-state index is 11.8. The van der Waals surface area contributed by atoms with Crippen LogP contribution in [0.4, 0.5) is 0 Å². The van der Waals surface area contributed by atoms with Crippen molar-refractivity contribution >= 4 is 10.0 Å². The first kappa shape index (κ1) is 12.7. The molecule has 0 unspecified atom stereocenters. The van der Waals surface area contributed by atoms with Crippen molar-refractivity contribution in [2.24, 2.45) is 0 Å². The Labute approximate surface area is 96.0 Å². The van der Waals surface area contributed by atoms with E-state index in [0.717, 1.165) is 6.42 Å². The highest BCUT2D eigenvalue weighted by Crippen LogP contribution is 2.11. The minimum Gasteiger partial charge on any atom is -0.208 e. The van der Waals surface area contributed by atoms with Gasteiger partial charge in [-0.05, 0) is 31.5 Å². The van der Waals surface area contributed by atoms with E-state index >= 15 is 0 Å². The zero-order valence-electron chi connectivity index (χ0n) is 9.27. The molecule has 16 heavy (non-hydrogen) atoms. The molecule has 1 N–H and O–H groups in total. The number of hydrogen-bond donors (Lipinski definition) is 1. The fraction of sp³-hybridized carbons (Fsp3) is 0.364. The van der Waals surface area contributed by atoms with Gasteiger partial charge in [0.15, 0.2) is 0 Å². The van der Waals surface area contributed by atoms with Crippen molar-refractivity contribution in [3.8, 4) is 6.07 Å². The van der Waals surface area contributed by atoms with Gasteiger partial charge in [-0.3, -0.25) is 0 Å². The van der Waals surface area contributed by atoms with E-state index in [1.165, 1.54) is 12.1 Å². The van der Waals surface area contributed by atoms with E-state index in [4.69, 9.17) is 5.26 Å². The highest BCUT2D eigenvalue weighted by atomic mass is 32.2. The molecule has 1 atom stereocenters. The zero-order valence-corrected chi connectivity index (χ0v) is 10.1. The maximum Gasteiger partial charge on any atom is 0.240 e. The lowest BCUT2D eigenvalue weighted by Crippen LogP contribution is -2.32. The minimum absolute atomic E-state index is 0.115. The number of nitrogens with zero attached hydrogens (tertiary/aromatic N) is 1. The Morgan fingerprint density at radius 1 is 1.50 bits per heavy atom. The van der Waals surface area contributed by atoms with Gasteiger partial charge in [0.05, 0.1) is 16.5 Å². The number of rotatable bonds is 4. The van der Waals surface area contributed by atoms with Gasteiger partial charge in [0, 0.05) is 6.04 Å². The molecule has 0 bridgehead atoms. The van der Waals surface area contributed by atoms with Crippen molar-refractivity contribution in [2.75, 3.05) is 0 Å². The Balaban J connectivity index is 3.04. The van der Waals surface area contributed by atoms with Crippen molar-refractivity contribution < 1.29 is 8.42 Å². The molecule has 0 aliphatic heterocycles. The molecule has 0 aromatic heterocycles. The van der Waals surface area contributed by atoms with Gasteiger partial charge >= 0.3 is 0 Å². The van der Waals surface area contributed by atoms with Gasteiger partial charge in [-0.2, -0.15) is 5.26 Å². The van der Waals surface area contributed by atoms with Crippen molar-refractivity contribution in [2.45, 2.75) is 31.2 Å². The van der Waals surface area contributed by atoms with Crippen LogP contribution < -0.4 is 4.72 Å². The zero-order chi connectivity index (χ0) is 12.2. The third-order valence-corrected chi connectivity index (χ3v) is 3.83. The first-order chi connectivity index (χ1) is 7.49. The number of sulfonamides is 1. The second-order valence-corrected chi connectivity index (χ2v) is 5.28. The van der Waals surface area contributed by atoms with E-state index in [9.17, 15) is 8.42 Å². The average Bonchev–Trinajstić information content (AvgIpc) is 2.28. The predicted molar refractivity (Wildman–Crippen MR) is 61.2 cm³/mol. The topological polar surface area (TPSA) is 70.0 Å². The van der Waals surface area contributed by atoms with E-state index in [-0.39, 0.29) is 10.9 Å². The fourth-order valence-electron chi connectivity index (χ4n) is 1.15. The van der Waals surface area contributed by atoms with Crippen molar-refractivity contribution in [1.82, 2.24) is 4.72 Å². The third kappa shape index (κ3) is 3.05. The smallest absolute Gasteiger partial charge is 0.208 e. The summed E-state index contributed by atoms with van der Waals surface area (Å²) in [6, 6.07) is 7.77. The van der Waals surface area contributed by atoms with Gasteiger partial charge in [-0.25, -0.2) is 13.1 Å². The fourth-order valence-corrected chi connectivity index (χ4v) is 2.52. The summed E-state index contributed by atoms with van der Waals surface area (Å²) in [6.07, 6.45) is 0.719. The summed E-state index contributed by atoms with van der Waals surface area (Å²) >= 11 is 0. The molecular weight excluding hydrogens is 224 g/mol. The number of benzene rings is 1. The molecule has 5 heteroatoms. The van der Waals surface area contributed by atoms with Crippen LogP contribution in [0, 0.1) is 11.3 Å². The van der Waals surface area contributed by atoms with E-state index in [1.807, 2.05) is 13.0 Å². The van der Waals surface area contributed by atoms with Gasteiger partial charge < -0.3 is 0 Å². The molecular formula is C11H14N2O2S. The van der Waals surface area contributed by atoms with Gasteiger partial charge in [-0.1, -0.05) is 13.0 Å². The lowest BCUT2D eigenvalue weighted by atomic mass is 10.2. The van der Waals surface area contributed by atoms with Gasteiger partial charge in [0.2, 0.25) is 10.0 Å². The van der Waals surface area contributed by atoms with Gasteiger partial charge in [-0.15, -0.1) is 0 Å². The van der Waals surface area contributed by atoms with Gasteiger partial charge in [0.25, 0.3) is 0 Å². The van der Waals surface area contributed by atoms with E-state index in [1.54, 1.807) is 19.1 Å². The molecule has 0 aliphatic carbocycles. The van der Waals surface area contributed by atoms with Crippen molar-refractivity contribution in [3.05, 3.63) is 29.8 Å². The van der Waals surface area contributed by atoms with Crippen molar-refractivity contribution in [3.63, 3.8) is 0 Å². The first-order valence-electron chi connectivity index (χ1n) is 5.02. The van der Waals surface area contributed by atoms with E-state index < -0.39 is 10.0 Å². The van der Waals surface area contributed by atoms with Crippen LogP contribution in [-0.2, 0) is 10.0 Å². The maximum atomic E-state index is 11.8. The Hall–Kier alpha value is -1.38. The second kappa shape index (κ2) is 5.10. The average molecular weight is 238 g/mol. The van der Waals surface area contributed by atoms with Crippen LogP contribution in [0.1, 0.15) is 25.8 Å². The monoisotopic (exact) mass is 238 g/mol. The largest absolute Gasteiger partial charge is 0.240 e. The molecule has 1 aromatic rings. The van der Waals surface area contributed by atoms with Crippen LogP contribution in [0.5, 0.6) is 0 Å². The van der Waals surface area contributed by atoms with Crippen LogP contribution in [0.3, 0.4) is 0 Å². The summed E-state index contributed by atoms with van der Waals surface area (Å²) in [5.41, 5.74) is 0.340. The second-order valence-electron chi connectivity index (χ2n) is 3.57. The Bertz CT molecular complexity index is 503. The van der Waals surface area contributed by atoms with Crippen LogP contribution in [0.15, 0.2) is 29.2 Å². The summed E-state index contributed by atoms with van der Waals surface area (Å²) in [6.45, 7) is 3.70. The third-order valence-electron chi connectivity index (χ3n) is 2.24. The molecule has 4 nitrogen and oxygen atoms in total. The van der Waals surface area contributed by atoms with Crippen LogP contribution in [0.2, 0.25) is 0 Å². The number of nitriles is 1. The SMILES string of the molecule is CC[C@H](C)NS(=O)(=O)c1cccc(C#N)c1.